The van der Waals surface area contributed by atoms with Gasteiger partial charge in [-0.3, -0.25) is 0 Å². The average Bonchev–Trinajstić information content (AvgIpc) is 3.07. The maximum Gasteiger partial charge on any atom is 0.164 e. The van der Waals surface area contributed by atoms with Crippen molar-refractivity contribution < 1.29 is 0 Å². The van der Waals surface area contributed by atoms with Crippen LogP contribution in [0.25, 0.3) is 61.0 Å². The molecule has 0 unspecified atom stereocenters. The molecule has 0 bridgehead atoms. The normalized spacial score (nSPS) is 14.7. The Balaban J connectivity index is 1.28. The van der Waals surface area contributed by atoms with Gasteiger partial charge in [-0.05, 0) is 69.5 Å². The summed E-state index contributed by atoms with van der Waals surface area (Å²) >= 11 is 0. The summed E-state index contributed by atoms with van der Waals surface area (Å²) in [4.78, 5) is 15.4. The van der Waals surface area contributed by atoms with E-state index in [2.05, 4.69) is 127 Å². The van der Waals surface area contributed by atoms with Crippen molar-refractivity contribution >= 4 is 27.1 Å². The summed E-state index contributed by atoms with van der Waals surface area (Å²) in [7, 11) is 0. The number of rotatable bonds is 4. The lowest BCUT2D eigenvalue weighted by Crippen LogP contribution is -2.08. The number of fused-ring (bicyclic) bond motifs is 2. The van der Waals surface area contributed by atoms with Crippen LogP contribution in [0.1, 0.15) is 31.5 Å². The molecule has 3 heteroatoms. The lowest BCUT2D eigenvalue weighted by atomic mass is 9.84. The fourth-order valence-electron chi connectivity index (χ4n) is 6.42. The highest BCUT2D eigenvalue weighted by Gasteiger charge is 2.22. The second-order valence-electron chi connectivity index (χ2n) is 11.0. The Bertz CT molecular complexity index is 2070. The maximum atomic E-state index is 5.14. The van der Waals surface area contributed by atoms with Gasteiger partial charge >= 0.3 is 0 Å². The van der Waals surface area contributed by atoms with Crippen LogP contribution >= 0.6 is 0 Å². The highest BCUT2D eigenvalue weighted by Crippen LogP contribution is 2.38. The van der Waals surface area contributed by atoms with Gasteiger partial charge in [0.2, 0.25) is 0 Å². The molecule has 3 nitrogen and oxygen atoms in total. The number of benzene rings is 5. The minimum Gasteiger partial charge on any atom is -0.208 e. The lowest BCUT2D eigenvalue weighted by Gasteiger charge is -2.22. The van der Waals surface area contributed by atoms with Crippen LogP contribution in [0.2, 0.25) is 0 Å². The summed E-state index contributed by atoms with van der Waals surface area (Å²) in [6, 6.07) is 38.5. The van der Waals surface area contributed by atoms with Crippen molar-refractivity contribution in [3.63, 3.8) is 0 Å². The molecular formula is C39H29N3. The van der Waals surface area contributed by atoms with E-state index in [0.717, 1.165) is 53.6 Å². The molecule has 0 saturated carbocycles. The van der Waals surface area contributed by atoms with Crippen LogP contribution in [0.15, 0.2) is 139 Å². The van der Waals surface area contributed by atoms with E-state index in [-0.39, 0.29) is 0 Å². The topological polar surface area (TPSA) is 38.7 Å². The molecule has 6 aromatic rings. The molecule has 0 fully saturated rings. The standard InChI is InChI=1S/C39H29N3/c1-4-16-31-26(10-1)13-7-19-32(31)29-22-24-30(25-23-29)37-40-38(35-20-8-14-27-11-2-5-17-33(27)35)42-39(41-37)36-21-9-15-28-12-3-6-18-34(28)36/h1-5,7-8,10-14,16-17,19-25H,6,9,15,18H2. The lowest BCUT2D eigenvalue weighted by molar-refractivity contribution is 0.882. The molecule has 8 rings (SSSR count). The van der Waals surface area contributed by atoms with E-state index in [4.69, 9.17) is 15.0 Å². The smallest absolute Gasteiger partial charge is 0.164 e. The van der Waals surface area contributed by atoms with Crippen molar-refractivity contribution in [2.45, 2.75) is 25.7 Å². The van der Waals surface area contributed by atoms with Crippen molar-refractivity contribution in [2.24, 2.45) is 0 Å². The first-order valence-electron chi connectivity index (χ1n) is 14.7. The Morgan fingerprint density at radius 2 is 1.10 bits per heavy atom. The van der Waals surface area contributed by atoms with Gasteiger partial charge in [0.15, 0.2) is 17.5 Å². The predicted molar refractivity (Wildman–Crippen MR) is 174 cm³/mol. The molecule has 0 saturated heterocycles. The number of allylic oxidation sites excluding steroid dienone is 6. The van der Waals surface area contributed by atoms with Crippen LogP contribution in [0.4, 0.5) is 0 Å². The first-order chi connectivity index (χ1) is 20.8. The van der Waals surface area contributed by atoms with Gasteiger partial charge in [0, 0.05) is 16.7 Å². The summed E-state index contributed by atoms with van der Waals surface area (Å²) in [6.45, 7) is 0. The molecule has 2 aliphatic carbocycles. The van der Waals surface area contributed by atoms with E-state index in [0.29, 0.717) is 11.6 Å². The van der Waals surface area contributed by atoms with Crippen LogP contribution in [0.3, 0.4) is 0 Å². The van der Waals surface area contributed by atoms with E-state index in [1.807, 2.05) is 0 Å². The van der Waals surface area contributed by atoms with Crippen LogP contribution in [-0.2, 0) is 0 Å². The molecule has 0 radical (unpaired) electrons. The number of hydrogen-bond acceptors (Lipinski definition) is 3. The molecule has 0 spiro atoms. The van der Waals surface area contributed by atoms with Crippen molar-refractivity contribution in [1.82, 2.24) is 15.0 Å². The zero-order valence-corrected chi connectivity index (χ0v) is 23.3. The van der Waals surface area contributed by atoms with Gasteiger partial charge in [0.25, 0.3) is 0 Å². The fourth-order valence-corrected chi connectivity index (χ4v) is 6.42. The van der Waals surface area contributed by atoms with Gasteiger partial charge in [0.1, 0.15) is 0 Å². The Morgan fingerprint density at radius 1 is 0.476 bits per heavy atom. The van der Waals surface area contributed by atoms with Gasteiger partial charge in [0.05, 0.1) is 0 Å². The zero-order chi connectivity index (χ0) is 27.9. The highest BCUT2D eigenvalue weighted by atomic mass is 15.0. The van der Waals surface area contributed by atoms with Gasteiger partial charge in [-0.1, -0.05) is 127 Å². The summed E-state index contributed by atoms with van der Waals surface area (Å²) in [5.41, 5.74) is 8.39. The fraction of sp³-hybridized carbons (Fsp3) is 0.103. The monoisotopic (exact) mass is 539 g/mol. The average molecular weight is 540 g/mol. The first kappa shape index (κ1) is 24.6. The first-order valence-corrected chi connectivity index (χ1v) is 14.7. The molecule has 0 N–H and O–H groups in total. The van der Waals surface area contributed by atoms with E-state index in [1.54, 1.807) is 0 Å². The number of nitrogens with zero attached hydrogens (tertiary/aromatic N) is 3. The molecule has 42 heavy (non-hydrogen) atoms. The second-order valence-corrected chi connectivity index (χ2v) is 11.0. The third kappa shape index (κ3) is 4.35. The third-order valence-corrected chi connectivity index (χ3v) is 8.51. The zero-order valence-electron chi connectivity index (χ0n) is 23.3. The van der Waals surface area contributed by atoms with Gasteiger partial charge in [-0.15, -0.1) is 0 Å². The van der Waals surface area contributed by atoms with Crippen LogP contribution < -0.4 is 0 Å². The van der Waals surface area contributed by atoms with Crippen LogP contribution in [0.5, 0.6) is 0 Å². The molecule has 0 atom stereocenters. The highest BCUT2D eigenvalue weighted by molar-refractivity contribution is 5.97. The van der Waals surface area contributed by atoms with Gasteiger partial charge in [-0.25, -0.2) is 15.0 Å². The molecule has 2 aliphatic rings. The van der Waals surface area contributed by atoms with Crippen LogP contribution in [0, 0.1) is 0 Å². The minimum atomic E-state index is 0.701. The second kappa shape index (κ2) is 10.4. The van der Waals surface area contributed by atoms with Gasteiger partial charge in [-0.2, -0.15) is 0 Å². The Kier molecular flexibility index (Phi) is 6.07. The minimum absolute atomic E-state index is 0.701. The van der Waals surface area contributed by atoms with E-state index in [9.17, 15) is 0 Å². The summed E-state index contributed by atoms with van der Waals surface area (Å²) in [5, 5.41) is 4.82. The number of hydrogen-bond donors (Lipinski definition) is 0. The SMILES string of the molecule is C1=CC2=C(CC1)C(c1nc(-c3ccc(-c4cccc5ccccc45)cc3)nc(-c3cccc4ccccc34)n1)=CCC2. The van der Waals surface area contributed by atoms with Crippen molar-refractivity contribution in [2.75, 3.05) is 0 Å². The quantitative estimate of drug-likeness (QED) is 0.224. The summed E-state index contributed by atoms with van der Waals surface area (Å²) in [5.74, 6) is 2.18. The summed E-state index contributed by atoms with van der Waals surface area (Å²) in [6.07, 6.45) is 11.1. The van der Waals surface area contributed by atoms with Crippen LogP contribution in [-0.4, -0.2) is 15.0 Å². The van der Waals surface area contributed by atoms with E-state index >= 15 is 0 Å². The van der Waals surface area contributed by atoms with Crippen molar-refractivity contribution in [3.8, 4) is 33.9 Å². The molecule has 5 aromatic carbocycles. The molecule has 1 aromatic heterocycles. The summed E-state index contributed by atoms with van der Waals surface area (Å²) < 4.78 is 0. The maximum absolute atomic E-state index is 5.14. The van der Waals surface area contributed by atoms with E-state index < -0.39 is 0 Å². The van der Waals surface area contributed by atoms with Crippen molar-refractivity contribution in [1.29, 1.82) is 0 Å². The molecule has 1 heterocycles. The molecular weight excluding hydrogens is 510 g/mol. The Hall–Kier alpha value is -5.15. The molecule has 0 amide bonds. The Morgan fingerprint density at radius 3 is 1.88 bits per heavy atom. The van der Waals surface area contributed by atoms with E-state index in [1.165, 1.54) is 38.4 Å². The Labute approximate surface area is 245 Å². The molecule has 0 aliphatic heterocycles. The van der Waals surface area contributed by atoms with Crippen molar-refractivity contribution in [3.05, 3.63) is 144 Å². The van der Waals surface area contributed by atoms with Gasteiger partial charge < -0.3 is 0 Å². The molecule has 200 valence electrons. The number of aromatic nitrogens is 3. The third-order valence-electron chi connectivity index (χ3n) is 8.51. The predicted octanol–water partition coefficient (Wildman–Crippen LogP) is 10.0. The largest absolute Gasteiger partial charge is 0.208 e.